The van der Waals surface area contributed by atoms with Crippen LogP contribution < -0.4 is 16.0 Å². The normalized spacial score (nSPS) is 10.5. The smallest absolute Gasteiger partial charge is 0.411 e. The highest BCUT2D eigenvalue weighted by molar-refractivity contribution is 5.89. The SMILES string of the molecule is CCOC(=O)Nc1ccc(NCc2ccc(C)c3ccccc23)nc1NC. The second kappa shape index (κ2) is 8.40. The molecule has 140 valence electrons. The second-order valence-electron chi connectivity index (χ2n) is 6.13. The molecule has 3 aromatic rings. The number of amides is 1. The molecule has 0 saturated carbocycles. The van der Waals surface area contributed by atoms with Crippen molar-refractivity contribution in [3.63, 3.8) is 0 Å². The number of anilines is 3. The fourth-order valence-electron chi connectivity index (χ4n) is 2.98. The van der Waals surface area contributed by atoms with Crippen molar-refractivity contribution >= 4 is 34.2 Å². The third kappa shape index (κ3) is 4.28. The minimum Gasteiger partial charge on any atom is -0.450 e. The number of nitrogens with one attached hydrogen (secondary N) is 3. The van der Waals surface area contributed by atoms with E-state index in [0.29, 0.717) is 24.7 Å². The predicted octanol–water partition coefficient (Wildman–Crippen LogP) is 4.77. The Bertz CT molecular complexity index is 956. The molecule has 1 aromatic heterocycles. The van der Waals surface area contributed by atoms with E-state index >= 15 is 0 Å². The van der Waals surface area contributed by atoms with Gasteiger partial charge in [0.15, 0.2) is 5.82 Å². The van der Waals surface area contributed by atoms with Gasteiger partial charge in [-0.2, -0.15) is 0 Å². The second-order valence-corrected chi connectivity index (χ2v) is 6.13. The lowest BCUT2D eigenvalue weighted by molar-refractivity contribution is 0.168. The zero-order valence-electron chi connectivity index (χ0n) is 15.8. The lowest BCUT2D eigenvalue weighted by Crippen LogP contribution is -2.15. The molecule has 6 heteroatoms. The van der Waals surface area contributed by atoms with Crippen molar-refractivity contribution in [2.75, 3.05) is 29.6 Å². The molecule has 6 nitrogen and oxygen atoms in total. The van der Waals surface area contributed by atoms with Gasteiger partial charge in [-0.05, 0) is 47.9 Å². The summed E-state index contributed by atoms with van der Waals surface area (Å²) in [5, 5.41) is 11.5. The minimum atomic E-state index is -0.498. The molecule has 0 bridgehead atoms. The van der Waals surface area contributed by atoms with Crippen molar-refractivity contribution in [1.82, 2.24) is 4.98 Å². The largest absolute Gasteiger partial charge is 0.450 e. The first kappa shape index (κ1) is 18.5. The number of hydrogen-bond donors (Lipinski definition) is 3. The number of carbonyl (C=O) groups is 1. The van der Waals surface area contributed by atoms with Crippen molar-refractivity contribution in [2.45, 2.75) is 20.4 Å². The molecule has 0 unspecified atom stereocenters. The Kier molecular flexibility index (Phi) is 5.76. The molecule has 0 aliphatic carbocycles. The van der Waals surface area contributed by atoms with Gasteiger partial charge in [0.2, 0.25) is 0 Å². The fraction of sp³-hybridized carbons (Fsp3) is 0.238. The highest BCUT2D eigenvalue weighted by atomic mass is 16.5. The third-order valence-corrected chi connectivity index (χ3v) is 4.34. The Labute approximate surface area is 159 Å². The Hall–Kier alpha value is -3.28. The van der Waals surface area contributed by atoms with Gasteiger partial charge in [0, 0.05) is 13.6 Å². The number of fused-ring (bicyclic) bond motifs is 1. The summed E-state index contributed by atoms with van der Waals surface area (Å²) in [6.07, 6.45) is -0.498. The van der Waals surface area contributed by atoms with Crippen LogP contribution >= 0.6 is 0 Å². The molecule has 0 saturated heterocycles. The number of rotatable bonds is 6. The van der Waals surface area contributed by atoms with E-state index in [4.69, 9.17) is 4.74 Å². The van der Waals surface area contributed by atoms with Gasteiger partial charge < -0.3 is 15.4 Å². The standard InChI is InChI=1S/C21H24N4O2/c1-4-27-21(26)24-18-11-12-19(25-20(18)22-3)23-13-15-10-9-14(2)16-7-5-6-8-17(15)16/h5-12H,4,13H2,1-3H3,(H,24,26)(H2,22,23,25). The van der Waals surface area contributed by atoms with E-state index in [1.165, 1.54) is 21.9 Å². The zero-order chi connectivity index (χ0) is 19.2. The van der Waals surface area contributed by atoms with Gasteiger partial charge in [-0.3, -0.25) is 5.32 Å². The van der Waals surface area contributed by atoms with Crippen LogP contribution in [0.4, 0.5) is 22.1 Å². The summed E-state index contributed by atoms with van der Waals surface area (Å²) in [6, 6.07) is 16.3. The summed E-state index contributed by atoms with van der Waals surface area (Å²) in [5.74, 6) is 1.29. The molecular formula is C21H24N4O2. The summed E-state index contributed by atoms with van der Waals surface area (Å²) in [5.41, 5.74) is 3.04. The monoisotopic (exact) mass is 364 g/mol. The van der Waals surface area contributed by atoms with Crippen LogP contribution in [0.25, 0.3) is 10.8 Å². The molecule has 0 radical (unpaired) electrons. The maximum atomic E-state index is 11.6. The molecule has 2 aromatic carbocycles. The van der Waals surface area contributed by atoms with E-state index in [1.807, 2.05) is 6.07 Å². The van der Waals surface area contributed by atoms with Crippen LogP contribution in [0, 0.1) is 6.92 Å². The van der Waals surface area contributed by atoms with Gasteiger partial charge in [-0.25, -0.2) is 9.78 Å². The summed E-state index contributed by atoms with van der Waals surface area (Å²) in [4.78, 5) is 16.1. The van der Waals surface area contributed by atoms with Crippen LogP contribution in [-0.4, -0.2) is 24.7 Å². The number of aromatic nitrogens is 1. The van der Waals surface area contributed by atoms with Crippen LogP contribution in [-0.2, 0) is 11.3 Å². The number of ether oxygens (including phenoxy) is 1. The molecule has 3 N–H and O–H groups in total. The van der Waals surface area contributed by atoms with E-state index in [-0.39, 0.29) is 0 Å². The number of benzene rings is 2. The number of nitrogens with zero attached hydrogens (tertiary/aromatic N) is 1. The van der Waals surface area contributed by atoms with Crippen LogP contribution in [0.3, 0.4) is 0 Å². The van der Waals surface area contributed by atoms with Crippen molar-refractivity contribution in [2.24, 2.45) is 0 Å². The van der Waals surface area contributed by atoms with Gasteiger partial charge in [-0.1, -0.05) is 36.4 Å². The molecule has 27 heavy (non-hydrogen) atoms. The molecule has 0 fully saturated rings. The van der Waals surface area contributed by atoms with Crippen LogP contribution in [0.2, 0.25) is 0 Å². The van der Waals surface area contributed by atoms with Crippen molar-refractivity contribution in [3.05, 3.63) is 59.7 Å². The highest BCUT2D eigenvalue weighted by Crippen LogP contribution is 2.25. The van der Waals surface area contributed by atoms with Crippen molar-refractivity contribution in [1.29, 1.82) is 0 Å². The summed E-state index contributed by atoms with van der Waals surface area (Å²) < 4.78 is 4.91. The first-order valence-electron chi connectivity index (χ1n) is 8.96. The Morgan fingerprint density at radius 2 is 1.85 bits per heavy atom. The van der Waals surface area contributed by atoms with Gasteiger partial charge >= 0.3 is 6.09 Å². The van der Waals surface area contributed by atoms with E-state index < -0.39 is 6.09 Å². The van der Waals surface area contributed by atoms with Gasteiger partial charge in [0.1, 0.15) is 5.82 Å². The Morgan fingerprint density at radius 3 is 2.59 bits per heavy atom. The van der Waals surface area contributed by atoms with Crippen molar-refractivity contribution in [3.8, 4) is 0 Å². The fourth-order valence-corrected chi connectivity index (χ4v) is 2.98. The molecule has 1 heterocycles. The molecule has 0 atom stereocenters. The lowest BCUT2D eigenvalue weighted by atomic mass is 10.0. The van der Waals surface area contributed by atoms with E-state index in [1.54, 1.807) is 20.0 Å². The van der Waals surface area contributed by atoms with Crippen LogP contribution in [0.1, 0.15) is 18.1 Å². The average molecular weight is 364 g/mol. The maximum Gasteiger partial charge on any atom is 0.411 e. The van der Waals surface area contributed by atoms with Crippen LogP contribution in [0.15, 0.2) is 48.5 Å². The van der Waals surface area contributed by atoms with Gasteiger partial charge in [0.05, 0.1) is 12.3 Å². The van der Waals surface area contributed by atoms with E-state index in [2.05, 4.69) is 64.3 Å². The van der Waals surface area contributed by atoms with Crippen LogP contribution in [0.5, 0.6) is 0 Å². The first-order valence-corrected chi connectivity index (χ1v) is 8.96. The summed E-state index contributed by atoms with van der Waals surface area (Å²) in [6.45, 7) is 4.86. The highest BCUT2D eigenvalue weighted by Gasteiger charge is 2.09. The third-order valence-electron chi connectivity index (χ3n) is 4.34. The maximum absolute atomic E-state index is 11.6. The van der Waals surface area contributed by atoms with E-state index in [0.717, 1.165) is 5.82 Å². The molecule has 1 amide bonds. The molecule has 0 aliphatic heterocycles. The van der Waals surface area contributed by atoms with Crippen molar-refractivity contribution < 1.29 is 9.53 Å². The summed E-state index contributed by atoms with van der Waals surface area (Å²) in [7, 11) is 1.76. The average Bonchev–Trinajstić information content (AvgIpc) is 2.68. The molecule has 0 aliphatic rings. The molecule has 3 rings (SSSR count). The van der Waals surface area contributed by atoms with Gasteiger partial charge in [-0.15, -0.1) is 0 Å². The molecule has 0 spiro atoms. The number of aryl methyl sites for hydroxylation is 1. The quantitative estimate of drug-likeness (QED) is 0.588. The lowest BCUT2D eigenvalue weighted by Gasteiger charge is -2.14. The topological polar surface area (TPSA) is 75.3 Å². The Morgan fingerprint density at radius 1 is 1.07 bits per heavy atom. The predicted molar refractivity (Wildman–Crippen MR) is 110 cm³/mol. The number of carbonyl (C=O) groups excluding carboxylic acids is 1. The number of hydrogen-bond acceptors (Lipinski definition) is 5. The minimum absolute atomic E-state index is 0.318. The zero-order valence-corrected chi connectivity index (χ0v) is 15.8. The first-order chi connectivity index (χ1) is 13.1. The summed E-state index contributed by atoms with van der Waals surface area (Å²) >= 11 is 0. The number of pyridine rings is 1. The van der Waals surface area contributed by atoms with E-state index in [9.17, 15) is 4.79 Å². The van der Waals surface area contributed by atoms with Gasteiger partial charge in [0.25, 0.3) is 0 Å². The Balaban J connectivity index is 1.77. The molecular weight excluding hydrogens is 340 g/mol.